The van der Waals surface area contributed by atoms with Crippen LogP contribution in [-0.2, 0) is 11.2 Å². The van der Waals surface area contributed by atoms with Crippen LogP contribution in [0.5, 0.6) is 0 Å². The predicted octanol–water partition coefficient (Wildman–Crippen LogP) is 0.182. The quantitative estimate of drug-likeness (QED) is 0.674. The lowest BCUT2D eigenvalue weighted by Crippen LogP contribution is -2.54. The Balaban J connectivity index is 2.70. The van der Waals surface area contributed by atoms with Crippen molar-refractivity contribution in [3.63, 3.8) is 0 Å². The van der Waals surface area contributed by atoms with E-state index in [2.05, 4.69) is 10.3 Å². The van der Waals surface area contributed by atoms with Crippen molar-refractivity contribution in [3.05, 3.63) is 29.6 Å². The number of carbonyl (C=O) groups is 1. The third-order valence-electron chi connectivity index (χ3n) is 3.13. The molecule has 0 unspecified atom stereocenters. The number of hydrogen-bond acceptors (Lipinski definition) is 4. The molecule has 0 aliphatic heterocycles. The number of aryl methyl sites for hydroxylation is 1. The lowest BCUT2D eigenvalue weighted by molar-refractivity contribution is -0.123. The first-order valence-electron chi connectivity index (χ1n) is 6.00. The summed E-state index contributed by atoms with van der Waals surface area (Å²) in [6.07, 6.45) is 2.25. The van der Waals surface area contributed by atoms with E-state index in [-0.39, 0.29) is 25.5 Å². The Morgan fingerprint density at radius 3 is 2.61 bits per heavy atom. The van der Waals surface area contributed by atoms with E-state index >= 15 is 0 Å². The van der Waals surface area contributed by atoms with Gasteiger partial charge in [-0.25, -0.2) is 0 Å². The highest BCUT2D eigenvalue weighted by molar-refractivity contribution is 5.79. The number of pyridine rings is 1. The highest BCUT2D eigenvalue weighted by atomic mass is 16.3. The van der Waals surface area contributed by atoms with Gasteiger partial charge in [0.15, 0.2) is 0 Å². The number of nitrogens with zero attached hydrogens (tertiary/aromatic N) is 1. The van der Waals surface area contributed by atoms with Gasteiger partial charge >= 0.3 is 0 Å². The van der Waals surface area contributed by atoms with Crippen molar-refractivity contribution >= 4 is 5.91 Å². The summed E-state index contributed by atoms with van der Waals surface area (Å²) in [5.41, 5.74) is 0.707. The molecule has 0 saturated carbocycles. The molecular formula is C13H20N2O3. The van der Waals surface area contributed by atoms with Crippen molar-refractivity contribution < 1.29 is 15.0 Å². The summed E-state index contributed by atoms with van der Waals surface area (Å²) in [6.45, 7) is 3.12. The van der Waals surface area contributed by atoms with Crippen LogP contribution in [0, 0.1) is 6.92 Å². The Hall–Kier alpha value is -1.46. The van der Waals surface area contributed by atoms with E-state index in [1.807, 2.05) is 19.1 Å². The predicted molar refractivity (Wildman–Crippen MR) is 68.0 cm³/mol. The minimum atomic E-state index is -0.945. The SMILES string of the molecule is CCC(CO)(CO)NC(=O)Cc1ncccc1C. The fourth-order valence-corrected chi connectivity index (χ4v) is 1.64. The van der Waals surface area contributed by atoms with Gasteiger partial charge in [-0.3, -0.25) is 9.78 Å². The van der Waals surface area contributed by atoms with Crippen molar-refractivity contribution in [1.29, 1.82) is 0 Å². The van der Waals surface area contributed by atoms with Gasteiger partial charge in [0.25, 0.3) is 0 Å². The van der Waals surface area contributed by atoms with Crippen LogP contribution in [-0.4, -0.2) is 39.9 Å². The smallest absolute Gasteiger partial charge is 0.226 e. The minimum Gasteiger partial charge on any atom is -0.394 e. The van der Waals surface area contributed by atoms with E-state index < -0.39 is 5.54 Å². The van der Waals surface area contributed by atoms with Crippen molar-refractivity contribution in [1.82, 2.24) is 10.3 Å². The van der Waals surface area contributed by atoms with Crippen LogP contribution in [0.3, 0.4) is 0 Å². The molecule has 18 heavy (non-hydrogen) atoms. The maximum absolute atomic E-state index is 11.9. The molecule has 0 spiro atoms. The van der Waals surface area contributed by atoms with Gasteiger partial charge in [0.2, 0.25) is 5.91 Å². The number of hydrogen-bond donors (Lipinski definition) is 3. The molecule has 0 aliphatic rings. The molecule has 0 aromatic carbocycles. The van der Waals surface area contributed by atoms with Crippen LogP contribution in [0.2, 0.25) is 0 Å². The number of aliphatic hydroxyl groups excluding tert-OH is 2. The Labute approximate surface area is 107 Å². The molecule has 0 atom stereocenters. The number of aromatic nitrogens is 1. The van der Waals surface area contributed by atoms with Gasteiger partial charge in [-0.2, -0.15) is 0 Å². The van der Waals surface area contributed by atoms with Crippen molar-refractivity contribution in [2.45, 2.75) is 32.2 Å². The lowest BCUT2D eigenvalue weighted by atomic mass is 9.98. The Kier molecular flexibility index (Phi) is 5.25. The molecular weight excluding hydrogens is 232 g/mol. The second kappa shape index (κ2) is 6.47. The topological polar surface area (TPSA) is 82.5 Å². The van der Waals surface area contributed by atoms with E-state index in [0.717, 1.165) is 5.56 Å². The largest absolute Gasteiger partial charge is 0.394 e. The minimum absolute atomic E-state index is 0.147. The van der Waals surface area contributed by atoms with Crippen LogP contribution >= 0.6 is 0 Å². The molecule has 1 heterocycles. The molecule has 0 radical (unpaired) electrons. The number of nitrogens with one attached hydrogen (secondary N) is 1. The monoisotopic (exact) mass is 252 g/mol. The summed E-state index contributed by atoms with van der Waals surface area (Å²) in [5, 5.41) is 21.2. The third kappa shape index (κ3) is 3.51. The molecule has 0 fully saturated rings. The maximum atomic E-state index is 11.9. The average Bonchev–Trinajstić information content (AvgIpc) is 2.39. The van der Waals surface area contributed by atoms with Gasteiger partial charge in [0.05, 0.1) is 30.9 Å². The molecule has 1 aromatic rings. The Morgan fingerprint density at radius 2 is 2.11 bits per heavy atom. The van der Waals surface area contributed by atoms with Crippen LogP contribution in [0.4, 0.5) is 0 Å². The first-order valence-corrected chi connectivity index (χ1v) is 6.00. The molecule has 0 aliphatic carbocycles. The van der Waals surface area contributed by atoms with Gasteiger partial charge in [0.1, 0.15) is 0 Å². The molecule has 1 rings (SSSR count). The van der Waals surface area contributed by atoms with Gasteiger partial charge < -0.3 is 15.5 Å². The first-order chi connectivity index (χ1) is 8.56. The van der Waals surface area contributed by atoms with E-state index in [1.54, 1.807) is 13.1 Å². The second-order valence-electron chi connectivity index (χ2n) is 4.44. The van der Waals surface area contributed by atoms with Crippen LogP contribution < -0.4 is 5.32 Å². The first kappa shape index (κ1) is 14.6. The summed E-state index contributed by atoms with van der Waals surface area (Å²) in [4.78, 5) is 16.0. The van der Waals surface area contributed by atoms with Gasteiger partial charge in [-0.15, -0.1) is 0 Å². The standard InChI is InChI=1S/C13H20N2O3/c1-3-13(8-16,9-17)15-12(18)7-11-10(2)5-4-6-14-11/h4-6,16-17H,3,7-9H2,1-2H3,(H,15,18). The summed E-state index contributed by atoms with van der Waals surface area (Å²) < 4.78 is 0. The Morgan fingerprint density at radius 1 is 1.44 bits per heavy atom. The third-order valence-corrected chi connectivity index (χ3v) is 3.13. The molecule has 0 bridgehead atoms. The number of amides is 1. The maximum Gasteiger partial charge on any atom is 0.226 e. The normalized spacial score (nSPS) is 11.3. The zero-order chi connectivity index (χ0) is 13.6. The zero-order valence-corrected chi connectivity index (χ0v) is 10.8. The zero-order valence-electron chi connectivity index (χ0n) is 10.8. The van der Waals surface area contributed by atoms with Crippen LogP contribution in [0.1, 0.15) is 24.6 Å². The number of aliphatic hydroxyl groups is 2. The number of rotatable bonds is 6. The molecule has 1 aromatic heterocycles. The van der Waals surface area contributed by atoms with Crippen molar-refractivity contribution in [3.8, 4) is 0 Å². The van der Waals surface area contributed by atoms with E-state index in [4.69, 9.17) is 0 Å². The summed E-state index contributed by atoms with van der Waals surface area (Å²) in [5.74, 6) is -0.248. The van der Waals surface area contributed by atoms with Crippen molar-refractivity contribution in [2.75, 3.05) is 13.2 Å². The molecule has 100 valence electrons. The summed E-state index contributed by atoms with van der Waals surface area (Å²) >= 11 is 0. The van der Waals surface area contributed by atoms with E-state index in [9.17, 15) is 15.0 Å². The second-order valence-corrected chi connectivity index (χ2v) is 4.44. The summed E-state index contributed by atoms with van der Waals surface area (Å²) in [7, 11) is 0. The van der Waals surface area contributed by atoms with Gasteiger partial charge in [-0.05, 0) is 25.0 Å². The lowest BCUT2D eigenvalue weighted by Gasteiger charge is -2.29. The molecule has 5 nitrogen and oxygen atoms in total. The van der Waals surface area contributed by atoms with Crippen LogP contribution in [0.25, 0.3) is 0 Å². The fraction of sp³-hybridized carbons (Fsp3) is 0.538. The average molecular weight is 252 g/mol. The molecule has 3 N–H and O–H groups in total. The summed E-state index contributed by atoms with van der Waals surface area (Å²) in [6, 6.07) is 3.70. The van der Waals surface area contributed by atoms with E-state index in [1.165, 1.54) is 0 Å². The number of carbonyl (C=O) groups excluding carboxylic acids is 1. The van der Waals surface area contributed by atoms with Gasteiger partial charge in [0, 0.05) is 6.20 Å². The van der Waals surface area contributed by atoms with Crippen LogP contribution in [0.15, 0.2) is 18.3 Å². The molecule has 1 amide bonds. The highest BCUT2D eigenvalue weighted by Gasteiger charge is 2.28. The van der Waals surface area contributed by atoms with Crippen molar-refractivity contribution in [2.24, 2.45) is 0 Å². The molecule has 5 heteroatoms. The van der Waals surface area contributed by atoms with Gasteiger partial charge in [-0.1, -0.05) is 13.0 Å². The Bertz CT molecular complexity index is 395. The molecule has 0 saturated heterocycles. The fourth-order valence-electron chi connectivity index (χ4n) is 1.64. The van der Waals surface area contributed by atoms with E-state index in [0.29, 0.717) is 12.1 Å². The highest BCUT2D eigenvalue weighted by Crippen LogP contribution is 2.10.